The SMILES string of the molecule is Cc1ccc(NC(=O)CC2(C(=O)NCc3cnc4n3CCOC4)CCCC2)cc1. The summed E-state index contributed by atoms with van der Waals surface area (Å²) in [4.78, 5) is 30.2. The van der Waals surface area contributed by atoms with Crippen molar-refractivity contribution >= 4 is 17.5 Å². The van der Waals surface area contributed by atoms with Crippen molar-refractivity contribution < 1.29 is 14.3 Å². The van der Waals surface area contributed by atoms with Gasteiger partial charge in [-0.15, -0.1) is 0 Å². The lowest BCUT2D eigenvalue weighted by atomic mass is 9.81. The summed E-state index contributed by atoms with van der Waals surface area (Å²) < 4.78 is 7.52. The molecule has 2 amide bonds. The van der Waals surface area contributed by atoms with Crippen molar-refractivity contribution in [3.63, 3.8) is 0 Å². The van der Waals surface area contributed by atoms with Crippen molar-refractivity contribution in [1.29, 1.82) is 0 Å². The van der Waals surface area contributed by atoms with Crippen LogP contribution in [0.3, 0.4) is 0 Å². The molecule has 2 heterocycles. The van der Waals surface area contributed by atoms with Gasteiger partial charge < -0.3 is 19.9 Å². The van der Waals surface area contributed by atoms with E-state index in [0.29, 0.717) is 19.8 Å². The predicted molar refractivity (Wildman–Crippen MR) is 109 cm³/mol. The fourth-order valence-electron chi connectivity index (χ4n) is 4.35. The second-order valence-electron chi connectivity index (χ2n) is 8.13. The Hall–Kier alpha value is -2.67. The molecule has 2 N–H and O–H groups in total. The molecule has 1 aromatic carbocycles. The van der Waals surface area contributed by atoms with Crippen LogP contribution in [0.25, 0.3) is 0 Å². The zero-order chi connectivity index (χ0) is 20.3. The molecule has 0 unspecified atom stereocenters. The predicted octanol–water partition coefficient (Wildman–Crippen LogP) is 2.93. The van der Waals surface area contributed by atoms with Crippen LogP contribution in [0.2, 0.25) is 0 Å². The summed E-state index contributed by atoms with van der Waals surface area (Å²) in [7, 11) is 0. The third-order valence-electron chi connectivity index (χ3n) is 6.02. The number of amides is 2. The fourth-order valence-corrected chi connectivity index (χ4v) is 4.35. The van der Waals surface area contributed by atoms with Crippen LogP contribution in [0.4, 0.5) is 5.69 Å². The lowest BCUT2D eigenvalue weighted by Crippen LogP contribution is -2.41. The van der Waals surface area contributed by atoms with Crippen LogP contribution in [-0.4, -0.2) is 28.0 Å². The Morgan fingerprint density at radius 2 is 1.97 bits per heavy atom. The van der Waals surface area contributed by atoms with Gasteiger partial charge in [0.05, 0.1) is 30.5 Å². The van der Waals surface area contributed by atoms with Gasteiger partial charge in [0.15, 0.2) is 0 Å². The number of benzene rings is 1. The van der Waals surface area contributed by atoms with Gasteiger partial charge in [0, 0.05) is 18.7 Å². The van der Waals surface area contributed by atoms with Crippen LogP contribution in [0.5, 0.6) is 0 Å². The van der Waals surface area contributed by atoms with Crippen LogP contribution in [0.15, 0.2) is 30.5 Å². The number of carbonyl (C=O) groups excluding carboxylic acids is 2. The molecule has 0 radical (unpaired) electrons. The highest BCUT2D eigenvalue weighted by atomic mass is 16.5. The van der Waals surface area contributed by atoms with Crippen LogP contribution in [0.1, 0.15) is 49.2 Å². The van der Waals surface area contributed by atoms with Gasteiger partial charge in [-0.25, -0.2) is 4.98 Å². The van der Waals surface area contributed by atoms with E-state index in [4.69, 9.17) is 4.74 Å². The van der Waals surface area contributed by atoms with Crippen molar-refractivity contribution in [1.82, 2.24) is 14.9 Å². The number of carbonyl (C=O) groups is 2. The molecule has 2 aliphatic rings. The minimum Gasteiger partial charge on any atom is -0.372 e. The maximum atomic E-state index is 13.1. The monoisotopic (exact) mass is 396 g/mol. The molecule has 1 saturated carbocycles. The maximum absolute atomic E-state index is 13.1. The summed E-state index contributed by atoms with van der Waals surface area (Å²) in [6.45, 7) is 4.36. The number of anilines is 1. The molecule has 0 atom stereocenters. The topological polar surface area (TPSA) is 85.3 Å². The van der Waals surface area contributed by atoms with E-state index in [-0.39, 0.29) is 18.2 Å². The van der Waals surface area contributed by atoms with Crippen molar-refractivity contribution in [2.75, 3.05) is 11.9 Å². The first-order valence-electron chi connectivity index (χ1n) is 10.3. The van der Waals surface area contributed by atoms with E-state index in [9.17, 15) is 9.59 Å². The summed E-state index contributed by atoms with van der Waals surface area (Å²) in [5.74, 6) is 0.759. The summed E-state index contributed by atoms with van der Waals surface area (Å²) >= 11 is 0. The molecule has 1 aromatic heterocycles. The number of aryl methyl sites for hydroxylation is 1. The molecule has 4 rings (SSSR count). The van der Waals surface area contributed by atoms with Crippen LogP contribution in [-0.2, 0) is 34.0 Å². The number of rotatable bonds is 6. The highest BCUT2D eigenvalue weighted by Crippen LogP contribution is 2.41. The smallest absolute Gasteiger partial charge is 0.227 e. The van der Waals surface area contributed by atoms with E-state index in [0.717, 1.165) is 55.0 Å². The highest BCUT2D eigenvalue weighted by molar-refractivity contribution is 5.95. The van der Waals surface area contributed by atoms with Crippen LogP contribution >= 0.6 is 0 Å². The van der Waals surface area contributed by atoms with Gasteiger partial charge in [0.25, 0.3) is 0 Å². The van der Waals surface area contributed by atoms with Gasteiger partial charge in [-0.3, -0.25) is 9.59 Å². The summed E-state index contributed by atoms with van der Waals surface area (Å²) in [6.07, 6.45) is 5.47. The van der Waals surface area contributed by atoms with E-state index < -0.39 is 5.41 Å². The Balaban J connectivity index is 1.39. The lowest BCUT2D eigenvalue weighted by molar-refractivity contribution is -0.135. The second-order valence-corrected chi connectivity index (χ2v) is 8.13. The van der Waals surface area contributed by atoms with E-state index in [1.165, 1.54) is 0 Å². The fraction of sp³-hybridized carbons (Fsp3) is 0.500. The average Bonchev–Trinajstić information content (AvgIpc) is 3.36. The van der Waals surface area contributed by atoms with Crippen molar-refractivity contribution in [2.45, 2.75) is 58.7 Å². The Morgan fingerprint density at radius 1 is 1.21 bits per heavy atom. The van der Waals surface area contributed by atoms with Gasteiger partial charge in [-0.05, 0) is 31.9 Å². The van der Waals surface area contributed by atoms with Crippen molar-refractivity contribution in [3.8, 4) is 0 Å². The number of imidazole rings is 1. The summed E-state index contributed by atoms with van der Waals surface area (Å²) in [6, 6.07) is 7.71. The van der Waals surface area contributed by atoms with Crippen molar-refractivity contribution in [2.24, 2.45) is 5.41 Å². The first-order valence-corrected chi connectivity index (χ1v) is 10.3. The van der Waals surface area contributed by atoms with E-state index in [1.807, 2.05) is 31.2 Å². The Labute approximate surface area is 170 Å². The molecular weight excluding hydrogens is 368 g/mol. The molecule has 1 aliphatic heterocycles. The largest absolute Gasteiger partial charge is 0.372 e. The first-order chi connectivity index (χ1) is 14.1. The molecule has 0 spiro atoms. The Morgan fingerprint density at radius 3 is 2.72 bits per heavy atom. The summed E-state index contributed by atoms with van der Waals surface area (Å²) in [5, 5.41) is 6.01. The minimum atomic E-state index is -0.622. The Kier molecular flexibility index (Phi) is 5.67. The van der Waals surface area contributed by atoms with E-state index in [2.05, 4.69) is 20.2 Å². The number of aromatic nitrogens is 2. The summed E-state index contributed by atoms with van der Waals surface area (Å²) in [5.41, 5.74) is 2.27. The van der Waals surface area contributed by atoms with Gasteiger partial charge in [0.1, 0.15) is 12.4 Å². The van der Waals surface area contributed by atoms with Gasteiger partial charge in [-0.2, -0.15) is 0 Å². The average molecular weight is 396 g/mol. The number of hydrogen-bond donors (Lipinski definition) is 2. The lowest BCUT2D eigenvalue weighted by Gasteiger charge is -2.27. The molecule has 154 valence electrons. The zero-order valence-electron chi connectivity index (χ0n) is 16.9. The van der Waals surface area contributed by atoms with Gasteiger partial charge in [0.2, 0.25) is 11.8 Å². The molecule has 7 nitrogen and oxygen atoms in total. The molecule has 0 saturated heterocycles. The third kappa shape index (κ3) is 4.34. The molecule has 2 aromatic rings. The van der Waals surface area contributed by atoms with E-state index in [1.54, 1.807) is 6.20 Å². The molecular formula is C22H28N4O3. The molecule has 29 heavy (non-hydrogen) atoms. The van der Waals surface area contributed by atoms with Gasteiger partial charge >= 0.3 is 0 Å². The van der Waals surface area contributed by atoms with E-state index >= 15 is 0 Å². The molecule has 1 aliphatic carbocycles. The number of ether oxygens (including phenoxy) is 1. The highest BCUT2D eigenvalue weighted by Gasteiger charge is 2.42. The normalized spacial score (nSPS) is 17.6. The standard InChI is InChI=1S/C22H28N4O3/c1-16-4-6-17(7-5-16)25-20(27)12-22(8-2-3-9-22)21(28)24-14-18-13-23-19-15-29-11-10-26(18)19/h4-7,13H,2-3,8-12,14-15H2,1H3,(H,24,28)(H,25,27). The number of nitrogens with zero attached hydrogens (tertiary/aromatic N) is 2. The Bertz CT molecular complexity index is 882. The number of fused-ring (bicyclic) bond motifs is 1. The quantitative estimate of drug-likeness (QED) is 0.786. The minimum absolute atomic E-state index is 0.0309. The zero-order valence-corrected chi connectivity index (χ0v) is 16.9. The van der Waals surface area contributed by atoms with Crippen LogP contribution < -0.4 is 10.6 Å². The number of hydrogen-bond acceptors (Lipinski definition) is 4. The third-order valence-corrected chi connectivity index (χ3v) is 6.02. The first kappa shape index (κ1) is 19.6. The van der Waals surface area contributed by atoms with Crippen molar-refractivity contribution in [3.05, 3.63) is 47.5 Å². The number of nitrogens with one attached hydrogen (secondary N) is 2. The molecule has 1 fully saturated rings. The molecule has 7 heteroatoms. The van der Waals surface area contributed by atoms with Crippen LogP contribution in [0, 0.1) is 12.3 Å². The molecule has 0 bridgehead atoms. The second kappa shape index (κ2) is 8.37. The maximum Gasteiger partial charge on any atom is 0.227 e. The van der Waals surface area contributed by atoms with Gasteiger partial charge in [-0.1, -0.05) is 30.5 Å².